The van der Waals surface area contributed by atoms with Crippen LogP contribution in [0.4, 0.5) is 13.2 Å². The summed E-state index contributed by atoms with van der Waals surface area (Å²) in [6, 6.07) is 12.5. The SMILES string of the molecule is O=C([C@H]1COc2ccccc2O1)N1CCC[C@H](c2cccc(C(F)(F)F)c2)C1. The summed E-state index contributed by atoms with van der Waals surface area (Å²) in [5, 5.41) is 0. The van der Waals surface area contributed by atoms with E-state index in [-0.39, 0.29) is 18.4 Å². The Morgan fingerprint density at radius 1 is 1.07 bits per heavy atom. The van der Waals surface area contributed by atoms with E-state index in [2.05, 4.69) is 0 Å². The van der Waals surface area contributed by atoms with Crippen LogP contribution < -0.4 is 9.47 Å². The Morgan fingerprint density at radius 2 is 1.86 bits per heavy atom. The van der Waals surface area contributed by atoms with E-state index < -0.39 is 17.8 Å². The molecule has 2 atom stereocenters. The first kappa shape index (κ1) is 18.7. The molecule has 0 unspecified atom stereocenters. The average molecular weight is 391 g/mol. The van der Waals surface area contributed by atoms with Crippen molar-refractivity contribution in [2.24, 2.45) is 0 Å². The van der Waals surface area contributed by atoms with E-state index in [4.69, 9.17) is 9.47 Å². The highest BCUT2D eigenvalue weighted by molar-refractivity contribution is 5.82. The number of nitrogens with zero attached hydrogens (tertiary/aromatic N) is 1. The van der Waals surface area contributed by atoms with E-state index in [1.807, 2.05) is 6.07 Å². The molecular weight excluding hydrogens is 371 g/mol. The topological polar surface area (TPSA) is 38.8 Å². The van der Waals surface area contributed by atoms with Gasteiger partial charge in [0, 0.05) is 19.0 Å². The molecule has 0 radical (unpaired) electrons. The van der Waals surface area contributed by atoms with Crippen molar-refractivity contribution >= 4 is 5.91 Å². The van der Waals surface area contributed by atoms with Gasteiger partial charge in [-0.1, -0.05) is 30.3 Å². The summed E-state index contributed by atoms with van der Waals surface area (Å²) in [6.07, 6.45) is -3.64. The zero-order chi connectivity index (χ0) is 19.7. The van der Waals surface area contributed by atoms with Crippen molar-refractivity contribution in [1.82, 2.24) is 4.90 Å². The molecule has 1 saturated heterocycles. The number of hydrogen-bond acceptors (Lipinski definition) is 3. The average Bonchev–Trinajstić information content (AvgIpc) is 2.72. The Bertz CT molecular complexity index is 868. The van der Waals surface area contributed by atoms with Gasteiger partial charge in [-0.2, -0.15) is 13.2 Å². The minimum Gasteiger partial charge on any atom is -0.485 e. The summed E-state index contributed by atoms with van der Waals surface area (Å²) in [6.45, 7) is 1.07. The van der Waals surface area contributed by atoms with Gasteiger partial charge in [0.1, 0.15) is 6.61 Å². The van der Waals surface area contributed by atoms with Crippen molar-refractivity contribution in [2.75, 3.05) is 19.7 Å². The molecule has 4 rings (SSSR count). The molecule has 148 valence electrons. The first-order valence-corrected chi connectivity index (χ1v) is 9.26. The van der Waals surface area contributed by atoms with Crippen LogP contribution >= 0.6 is 0 Å². The molecule has 2 aromatic rings. The third-order valence-corrected chi connectivity index (χ3v) is 5.20. The molecule has 1 fully saturated rings. The molecule has 0 aromatic heterocycles. The van der Waals surface area contributed by atoms with Crippen molar-refractivity contribution in [1.29, 1.82) is 0 Å². The van der Waals surface area contributed by atoms with E-state index >= 15 is 0 Å². The molecule has 7 heteroatoms. The van der Waals surface area contributed by atoms with Gasteiger partial charge in [0.15, 0.2) is 11.5 Å². The second-order valence-corrected chi connectivity index (χ2v) is 7.11. The van der Waals surface area contributed by atoms with Gasteiger partial charge in [-0.25, -0.2) is 0 Å². The van der Waals surface area contributed by atoms with Crippen molar-refractivity contribution in [3.8, 4) is 11.5 Å². The van der Waals surface area contributed by atoms with Gasteiger partial charge in [-0.15, -0.1) is 0 Å². The van der Waals surface area contributed by atoms with Crippen LogP contribution in [0.15, 0.2) is 48.5 Å². The summed E-state index contributed by atoms with van der Waals surface area (Å²) < 4.78 is 50.4. The number of amides is 1. The van der Waals surface area contributed by atoms with Crippen LogP contribution in [-0.2, 0) is 11.0 Å². The monoisotopic (exact) mass is 391 g/mol. The highest BCUT2D eigenvalue weighted by Crippen LogP contribution is 2.35. The maximum absolute atomic E-state index is 13.0. The van der Waals surface area contributed by atoms with Crippen molar-refractivity contribution < 1.29 is 27.4 Å². The number of para-hydroxylation sites is 2. The molecule has 0 aliphatic carbocycles. The fourth-order valence-electron chi connectivity index (χ4n) is 3.76. The number of hydrogen-bond donors (Lipinski definition) is 0. The van der Waals surface area contributed by atoms with Gasteiger partial charge in [-0.05, 0) is 36.6 Å². The zero-order valence-corrected chi connectivity index (χ0v) is 15.1. The van der Waals surface area contributed by atoms with E-state index in [0.717, 1.165) is 18.9 Å². The van der Waals surface area contributed by atoms with Crippen molar-refractivity contribution in [2.45, 2.75) is 31.0 Å². The standard InChI is InChI=1S/C21H20F3NO3/c22-21(23,24)16-7-3-5-14(11-16)15-6-4-10-25(12-15)20(26)19-13-27-17-8-1-2-9-18(17)28-19/h1-3,5,7-9,11,15,19H,4,6,10,12-13H2/t15-,19+/m0/s1. The van der Waals surface area contributed by atoms with Gasteiger partial charge in [-0.3, -0.25) is 4.79 Å². The summed E-state index contributed by atoms with van der Waals surface area (Å²) in [7, 11) is 0. The minimum atomic E-state index is -4.37. The first-order chi connectivity index (χ1) is 13.4. The third kappa shape index (κ3) is 3.79. The van der Waals surface area contributed by atoms with Gasteiger partial charge in [0.05, 0.1) is 5.56 Å². The molecule has 1 amide bonds. The lowest BCUT2D eigenvalue weighted by atomic mass is 9.89. The van der Waals surface area contributed by atoms with Crippen molar-refractivity contribution in [3.63, 3.8) is 0 Å². The number of benzene rings is 2. The molecule has 2 heterocycles. The fourth-order valence-corrected chi connectivity index (χ4v) is 3.76. The highest BCUT2D eigenvalue weighted by Gasteiger charge is 2.35. The number of halogens is 3. The normalized spacial score (nSPS) is 22.0. The minimum absolute atomic E-state index is 0.126. The van der Waals surface area contributed by atoms with Crippen LogP contribution in [-0.4, -0.2) is 36.6 Å². The summed E-state index contributed by atoms with van der Waals surface area (Å²) in [4.78, 5) is 14.6. The maximum Gasteiger partial charge on any atom is 0.416 e. The molecule has 0 spiro atoms. The third-order valence-electron chi connectivity index (χ3n) is 5.20. The van der Waals surface area contributed by atoms with Crippen molar-refractivity contribution in [3.05, 3.63) is 59.7 Å². The van der Waals surface area contributed by atoms with E-state index in [1.54, 1.807) is 29.2 Å². The largest absolute Gasteiger partial charge is 0.485 e. The predicted octanol–water partition coefficient (Wildman–Crippen LogP) is 4.25. The quantitative estimate of drug-likeness (QED) is 0.768. The molecular formula is C21H20F3NO3. The van der Waals surface area contributed by atoms with E-state index in [9.17, 15) is 18.0 Å². The van der Waals surface area contributed by atoms with E-state index in [0.29, 0.717) is 30.2 Å². The van der Waals surface area contributed by atoms with E-state index in [1.165, 1.54) is 12.1 Å². The van der Waals surface area contributed by atoms with Crippen LogP contribution in [0.3, 0.4) is 0 Å². The Labute approximate surface area is 160 Å². The number of fused-ring (bicyclic) bond motifs is 1. The fraction of sp³-hybridized carbons (Fsp3) is 0.381. The number of carbonyl (C=O) groups excluding carboxylic acids is 1. The number of alkyl halides is 3. The van der Waals surface area contributed by atoms with Crippen LogP contribution in [0, 0.1) is 0 Å². The molecule has 0 N–H and O–H groups in total. The molecule has 0 saturated carbocycles. The summed E-state index contributed by atoms with van der Waals surface area (Å²) in [5.41, 5.74) is -0.0486. The van der Waals surface area contributed by atoms with Crippen LogP contribution in [0.5, 0.6) is 11.5 Å². The predicted molar refractivity (Wildman–Crippen MR) is 96.4 cm³/mol. The van der Waals surface area contributed by atoms with Gasteiger partial charge in [0.25, 0.3) is 5.91 Å². The number of carbonyl (C=O) groups is 1. The molecule has 2 aliphatic rings. The maximum atomic E-state index is 13.0. The Hall–Kier alpha value is -2.70. The van der Waals surface area contributed by atoms with Gasteiger partial charge in [0.2, 0.25) is 6.10 Å². The Morgan fingerprint density at radius 3 is 2.64 bits per heavy atom. The zero-order valence-electron chi connectivity index (χ0n) is 15.1. The highest BCUT2D eigenvalue weighted by atomic mass is 19.4. The molecule has 0 bridgehead atoms. The summed E-state index contributed by atoms with van der Waals surface area (Å²) >= 11 is 0. The van der Waals surface area contributed by atoms with Crippen LogP contribution in [0.1, 0.15) is 29.9 Å². The number of piperidine rings is 1. The molecule has 4 nitrogen and oxygen atoms in total. The Kier molecular flexibility index (Phi) is 4.91. The lowest BCUT2D eigenvalue weighted by Gasteiger charge is -2.36. The Balaban J connectivity index is 1.46. The lowest BCUT2D eigenvalue weighted by molar-refractivity contribution is -0.142. The second-order valence-electron chi connectivity index (χ2n) is 7.11. The summed E-state index contributed by atoms with van der Waals surface area (Å²) in [5.74, 6) is 0.813. The van der Waals surface area contributed by atoms with Crippen LogP contribution in [0.2, 0.25) is 0 Å². The van der Waals surface area contributed by atoms with Crippen LogP contribution in [0.25, 0.3) is 0 Å². The van der Waals surface area contributed by atoms with Gasteiger partial charge < -0.3 is 14.4 Å². The van der Waals surface area contributed by atoms with Gasteiger partial charge >= 0.3 is 6.18 Å². The first-order valence-electron chi connectivity index (χ1n) is 9.26. The smallest absolute Gasteiger partial charge is 0.416 e. The molecule has 2 aliphatic heterocycles. The lowest BCUT2D eigenvalue weighted by Crippen LogP contribution is -2.49. The number of rotatable bonds is 2. The second kappa shape index (κ2) is 7.37. The molecule has 28 heavy (non-hydrogen) atoms. The molecule has 2 aromatic carbocycles. The number of ether oxygens (including phenoxy) is 2. The number of likely N-dealkylation sites (tertiary alicyclic amines) is 1.